The minimum atomic E-state index is -0.767. The van der Waals surface area contributed by atoms with Crippen molar-refractivity contribution >= 4 is 17.9 Å². The Morgan fingerprint density at radius 1 is 0.241 bits per heavy atom. The second-order valence-corrected chi connectivity index (χ2v) is 25.9. The van der Waals surface area contributed by atoms with Crippen LogP contribution in [0.1, 0.15) is 432 Å². The molecule has 0 fully saturated rings. The third-order valence-corrected chi connectivity index (χ3v) is 17.5. The molecule has 6 heteroatoms. The first-order chi connectivity index (χ1) is 41.0. The standard InChI is InChI=1S/C77H146O6/c1-4-7-10-13-16-18-20-22-24-26-28-30-32-34-35-36-37-38-39-40-41-43-44-46-48-50-52-54-56-58-61-64-67-70-76(79)82-73-74(72-81-75(78)69-66-63-60-15-12-9-6-3)83-77(80)71-68-65-62-59-57-55-53-51-49-47-45-42-33-31-29-27-25-23-21-19-17-14-11-8-5-2/h21,23,27,29,74H,4-20,22,24-26,28,30-73H2,1-3H3/b23-21-,29-27-. The van der Waals surface area contributed by atoms with Gasteiger partial charge in [0.1, 0.15) is 13.2 Å². The van der Waals surface area contributed by atoms with Crippen LogP contribution in [0.3, 0.4) is 0 Å². The van der Waals surface area contributed by atoms with Gasteiger partial charge in [0.05, 0.1) is 0 Å². The molecule has 0 radical (unpaired) electrons. The number of hydrogen-bond acceptors (Lipinski definition) is 6. The maximum atomic E-state index is 12.9. The molecule has 0 aromatic carbocycles. The molecule has 490 valence electrons. The average Bonchev–Trinajstić information content (AvgIpc) is 3.50. The number of hydrogen-bond donors (Lipinski definition) is 0. The maximum Gasteiger partial charge on any atom is 0.306 e. The number of allylic oxidation sites excluding steroid dienone is 4. The van der Waals surface area contributed by atoms with Gasteiger partial charge in [-0.1, -0.05) is 385 Å². The summed E-state index contributed by atoms with van der Waals surface area (Å²) in [5, 5.41) is 0. The van der Waals surface area contributed by atoms with Crippen LogP contribution in [0.4, 0.5) is 0 Å². The fraction of sp³-hybridized carbons (Fsp3) is 0.909. The quantitative estimate of drug-likeness (QED) is 0.0261. The summed E-state index contributed by atoms with van der Waals surface area (Å²) in [6, 6.07) is 0. The lowest BCUT2D eigenvalue weighted by molar-refractivity contribution is -0.167. The van der Waals surface area contributed by atoms with Crippen LogP contribution in [0, 0.1) is 0 Å². The molecule has 1 unspecified atom stereocenters. The molecule has 83 heavy (non-hydrogen) atoms. The van der Waals surface area contributed by atoms with Crippen LogP contribution in [0.5, 0.6) is 0 Å². The zero-order valence-electron chi connectivity index (χ0n) is 56.5. The van der Waals surface area contributed by atoms with Gasteiger partial charge in [-0.15, -0.1) is 0 Å². The zero-order valence-corrected chi connectivity index (χ0v) is 56.5. The number of esters is 3. The Hall–Kier alpha value is -2.11. The molecular weight excluding hydrogens is 1020 g/mol. The Kier molecular flexibility index (Phi) is 70.5. The van der Waals surface area contributed by atoms with E-state index in [0.29, 0.717) is 19.3 Å². The van der Waals surface area contributed by atoms with E-state index in [1.54, 1.807) is 0 Å². The lowest BCUT2D eigenvalue weighted by Crippen LogP contribution is -2.30. The van der Waals surface area contributed by atoms with E-state index in [1.165, 1.54) is 327 Å². The molecule has 0 amide bonds. The topological polar surface area (TPSA) is 78.9 Å². The first kappa shape index (κ1) is 80.9. The Morgan fingerprint density at radius 2 is 0.434 bits per heavy atom. The van der Waals surface area contributed by atoms with E-state index in [2.05, 4.69) is 45.1 Å². The van der Waals surface area contributed by atoms with Gasteiger partial charge in [-0.25, -0.2) is 0 Å². The summed E-state index contributed by atoms with van der Waals surface area (Å²) in [6.45, 7) is 6.67. The smallest absolute Gasteiger partial charge is 0.306 e. The lowest BCUT2D eigenvalue weighted by atomic mass is 10.0. The van der Waals surface area contributed by atoms with Crippen LogP contribution in [0.25, 0.3) is 0 Å². The molecule has 0 saturated heterocycles. The number of ether oxygens (including phenoxy) is 3. The first-order valence-electron chi connectivity index (χ1n) is 37.8. The van der Waals surface area contributed by atoms with Crippen LogP contribution in [-0.2, 0) is 28.6 Å². The normalized spacial score (nSPS) is 12.1. The van der Waals surface area contributed by atoms with Crippen LogP contribution in [-0.4, -0.2) is 37.2 Å². The predicted octanol–water partition coefficient (Wildman–Crippen LogP) is 26.1. The Bertz CT molecular complexity index is 1340. The van der Waals surface area contributed by atoms with Crippen molar-refractivity contribution in [1.82, 2.24) is 0 Å². The van der Waals surface area contributed by atoms with Crippen LogP contribution in [0.2, 0.25) is 0 Å². The van der Waals surface area contributed by atoms with Crippen LogP contribution < -0.4 is 0 Å². The van der Waals surface area contributed by atoms with Gasteiger partial charge >= 0.3 is 17.9 Å². The Morgan fingerprint density at radius 3 is 0.663 bits per heavy atom. The van der Waals surface area contributed by atoms with Crippen molar-refractivity contribution in [2.45, 2.75) is 438 Å². The van der Waals surface area contributed by atoms with Crippen molar-refractivity contribution < 1.29 is 28.6 Å². The highest BCUT2D eigenvalue weighted by Crippen LogP contribution is 2.20. The highest BCUT2D eigenvalue weighted by molar-refractivity contribution is 5.71. The highest BCUT2D eigenvalue weighted by atomic mass is 16.6. The fourth-order valence-electron chi connectivity index (χ4n) is 11.8. The molecule has 0 aliphatic heterocycles. The maximum absolute atomic E-state index is 12.9. The van der Waals surface area contributed by atoms with Crippen molar-refractivity contribution in [3.63, 3.8) is 0 Å². The molecular formula is C77H146O6. The van der Waals surface area contributed by atoms with E-state index in [1.807, 2.05) is 0 Å². The van der Waals surface area contributed by atoms with Gasteiger partial charge in [0.25, 0.3) is 0 Å². The van der Waals surface area contributed by atoms with E-state index in [0.717, 1.165) is 64.2 Å². The van der Waals surface area contributed by atoms with E-state index >= 15 is 0 Å². The summed E-state index contributed by atoms with van der Waals surface area (Å²) in [5.74, 6) is -0.843. The molecule has 0 heterocycles. The van der Waals surface area contributed by atoms with E-state index in [9.17, 15) is 14.4 Å². The Balaban J connectivity index is 3.95. The number of carbonyl (C=O) groups is 3. The zero-order chi connectivity index (χ0) is 59.9. The molecule has 0 N–H and O–H groups in total. The van der Waals surface area contributed by atoms with Crippen molar-refractivity contribution in [2.75, 3.05) is 13.2 Å². The summed E-state index contributed by atoms with van der Waals surface area (Å²) in [4.78, 5) is 38.2. The average molecular weight is 1170 g/mol. The molecule has 6 nitrogen and oxygen atoms in total. The predicted molar refractivity (Wildman–Crippen MR) is 363 cm³/mol. The van der Waals surface area contributed by atoms with Crippen LogP contribution >= 0.6 is 0 Å². The summed E-state index contributed by atoms with van der Waals surface area (Å²) in [5.41, 5.74) is 0. The largest absolute Gasteiger partial charge is 0.462 e. The molecule has 0 aliphatic rings. The van der Waals surface area contributed by atoms with Gasteiger partial charge in [-0.2, -0.15) is 0 Å². The molecule has 0 aromatic heterocycles. The molecule has 0 aliphatic carbocycles. The summed E-state index contributed by atoms with van der Waals surface area (Å²) >= 11 is 0. The second-order valence-electron chi connectivity index (χ2n) is 25.9. The van der Waals surface area contributed by atoms with Gasteiger partial charge in [0.15, 0.2) is 6.10 Å². The molecule has 0 spiro atoms. The summed E-state index contributed by atoms with van der Waals surface area (Å²) < 4.78 is 16.9. The number of carbonyl (C=O) groups excluding carboxylic acids is 3. The molecule has 0 saturated carbocycles. The second kappa shape index (κ2) is 72.4. The third-order valence-electron chi connectivity index (χ3n) is 17.5. The van der Waals surface area contributed by atoms with Crippen LogP contribution in [0.15, 0.2) is 24.3 Å². The SMILES string of the molecule is CCCCCCC/C=C\C/C=C\CCCCCCCCCCCCCCCC(=O)OC(COC(=O)CCCCCCCCC)COC(=O)CCCCCCCCCCCCCCCCCCCCCCCCCCCCCCCCCCC. The van der Waals surface area contributed by atoms with Crippen molar-refractivity contribution in [3.8, 4) is 0 Å². The molecule has 0 rings (SSSR count). The van der Waals surface area contributed by atoms with Gasteiger partial charge in [0.2, 0.25) is 0 Å². The van der Waals surface area contributed by atoms with Gasteiger partial charge < -0.3 is 14.2 Å². The summed E-state index contributed by atoms with van der Waals surface area (Å²) in [7, 11) is 0. The summed E-state index contributed by atoms with van der Waals surface area (Å²) in [6.07, 6.45) is 89.9. The van der Waals surface area contributed by atoms with Crippen molar-refractivity contribution in [2.24, 2.45) is 0 Å². The van der Waals surface area contributed by atoms with Crippen molar-refractivity contribution in [3.05, 3.63) is 24.3 Å². The van der Waals surface area contributed by atoms with E-state index in [4.69, 9.17) is 14.2 Å². The minimum absolute atomic E-state index is 0.0653. The highest BCUT2D eigenvalue weighted by Gasteiger charge is 2.20. The molecule has 1 atom stereocenters. The molecule has 0 aromatic rings. The number of unbranched alkanes of at least 4 members (excludes halogenated alkanes) is 56. The van der Waals surface area contributed by atoms with E-state index < -0.39 is 6.10 Å². The lowest BCUT2D eigenvalue weighted by Gasteiger charge is -2.18. The molecule has 0 bridgehead atoms. The van der Waals surface area contributed by atoms with Crippen molar-refractivity contribution in [1.29, 1.82) is 0 Å². The third kappa shape index (κ3) is 70.5. The number of rotatable bonds is 71. The Labute approximate surface area is 519 Å². The first-order valence-corrected chi connectivity index (χ1v) is 37.8. The van der Waals surface area contributed by atoms with Gasteiger partial charge in [0, 0.05) is 19.3 Å². The van der Waals surface area contributed by atoms with Gasteiger partial charge in [-0.05, 0) is 51.4 Å². The monoisotopic (exact) mass is 1170 g/mol. The minimum Gasteiger partial charge on any atom is -0.462 e. The van der Waals surface area contributed by atoms with E-state index in [-0.39, 0.29) is 31.1 Å². The van der Waals surface area contributed by atoms with Gasteiger partial charge in [-0.3, -0.25) is 14.4 Å². The fourth-order valence-corrected chi connectivity index (χ4v) is 11.8.